The minimum absolute atomic E-state index is 0.0104. The number of benzene rings is 2. The Kier molecular flexibility index (Phi) is 8.73. The van der Waals surface area contributed by atoms with Gasteiger partial charge in [-0.1, -0.05) is 81.4 Å². The largest absolute Gasteiger partial charge is 0.354 e. The van der Waals surface area contributed by atoms with Gasteiger partial charge in [-0.2, -0.15) is 0 Å². The van der Waals surface area contributed by atoms with Crippen molar-refractivity contribution in [3.8, 4) is 0 Å². The summed E-state index contributed by atoms with van der Waals surface area (Å²) in [6, 6.07) is 19.2. The van der Waals surface area contributed by atoms with Gasteiger partial charge in [0.2, 0.25) is 11.8 Å². The van der Waals surface area contributed by atoms with Crippen molar-refractivity contribution in [2.75, 3.05) is 6.54 Å². The van der Waals surface area contributed by atoms with E-state index >= 15 is 0 Å². The normalized spacial score (nSPS) is 11.9. The molecule has 0 spiro atoms. The van der Waals surface area contributed by atoms with Crippen molar-refractivity contribution < 1.29 is 9.59 Å². The monoisotopic (exact) mass is 380 g/mol. The summed E-state index contributed by atoms with van der Waals surface area (Å²) < 4.78 is 0. The van der Waals surface area contributed by atoms with Crippen molar-refractivity contribution in [3.05, 3.63) is 71.8 Å². The number of rotatable bonds is 10. The number of nitrogens with zero attached hydrogens (tertiary/aromatic N) is 1. The topological polar surface area (TPSA) is 49.4 Å². The maximum absolute atomic E-state index is 13.1. The molecular formula is C24H32N2O2. The van der Waals surface area contributed by atoms with Gasteiger partial charge in [-0.05, 0) is 23.5 Å². The first-order chi connectivity index (χ1) is 13.5. The van der Waals surface area contributed by atoms with Gasteiger partial charge in [0.25, 0.3) is 0 Å². The van der Waals surface area contributed by atoms with Gasteiger partial charge in [-0.15, -0.1) is 0 Å². The molecule has 2 rings (SSSR count). The SMILES string of the molecule is CCC(=O)N(Cc1ccccc1)[C@@H](Cc1ccccc1)C(=O)NCCC(C)C. The first-order valence-corrected chi connectivity index (χ1v) is 10.2. The molecule has 0 unspecified atom stereocenters. The molecule has 2 amide bonds. The van der Waals surface area contributed by atoms with Gasteiger partial charge in [-0.25, -0.2) is 0 Å². The molecule has 0 saturated carbocycles. The molecular weight excluding hydrogens is 348 g/mol. The zero-order valence-corrected chi connectivity index (χ0v) is 17.2. The van der Waals surface area contributed by atoms with Crippen molar-refractivity contribution in [1.29, 1.82) is 0 Å². The summed E-state index contributed by atoms with van der Waals surface area (Å²) in [5, 5.41) is 3.05. The Hall–Kier alpha value is -2.62. The number of nitrogens with one attached hydrogen (secondary N) is 1. The highest BCUT2D eigenvalue weighted by atomic mass is 16.2. The maximum Gasteiger partial charge on any atom is 0.243 e. The fourth-order valence-electron chi connectivity index (χ4n) is 3.14. The molecule has 0 bridgehead atoms. The van der Waals surface area contributed by atoms with E-state index < -0.39 is 6.04 Å². The summed E-state index contributed by atoms with van der Waals surface area (Å²) in [5.74, 6) is 0.427. The zero-order valence-electron chi connectivity index (χ0n) is 17.2. The molecule has 0 saturated heterocycles. The quantitative estimate of drug-likeness (QED) is 0.672. The Morgan fingerprint density at radius 2 is 1.50 bits per heavy atom. The van der Waals surface area contributed by atoms with Crippen LogP contribution in [0.3, 0.4) is 0 Å². The Labute approximate surface area is 169 Å². The zero-order chi connectivity index (χ0) is 20.4. The molecule has 1 atom stereocenters. The van der Waals surface area contributed by atoms with E-state index in [1.165, 1.54) is 0 Å². The Bertz CT molecular complexity index is 729. The molecule has 0 radical (unpaired) electrons. The second-order valence-corrected chi connectivity index (χ2v) is 7.54. The molecule has 0 aliphatic heterocycles. The van der Waals surface area contributed by atoms with E-state index in [1.54, 1.807) is 4.90 Å². The molecule has 0 aliphatic carbocycles. The van der Waals surface area contributed by atoms with Gasteiger partial charge in [-0.3, -0.25) is 9.59 Å². The van der Waals surface area contributed by atoms with Crippen LogP contribution < -0.4 is 5.32 Å². The highest BCUT2D eigenvalue weighted by Crippen LogP contribution is 2.15. The van der Waals surface area contributed by atoms with E-state index in [0.717, 1.165) is 17.5 Å². The minimum Gasteiger partial charge on any atom is -0.354 e. The summed E-state index contributed by atoms with van der Waals surface area (Å²) in [4.78, 5) is 27.6. The van der Waals surface area contributed by atoms with Crippen LogP contribution in [0.4, 0.5) is 0 Å². The van der Waals surface area contributed by atoms with Gasteiger partial charge in [0, 0.05) is 25.9 Å². The predicted octanol–water partition coefficient (Wildman–Crippen LogP) is 4.20. The number of hydrogen-bond acceptors (Lipinski definition) is 2. The Morgan fingerprint density at radius 1 is 0.929 bits per heavy atom. The fraction of sp³-hybridized carbons (Fsp3) is 0.417. The average molecular weight is 381 g/mol. The Balaban J connectivity index is 2.25. The van der Waals surface area contributed by atoms with Crippen LogP contribution >= 0.6 is 0 Å². The van der Waals surface area contributed by atoms with Gasteiger partial charge >= 0.3 is 0 Å². The van der Waals surface area contributed by atoms with E-state index in [0.29, 0.717) is 31.8 Å². The number of carbonyl (C=O) groups excluding carboxylic acids is 2. The minimum atomic E-state index is -0.526. The van der Waals surface area contributed by atoms with E-state index in [9.17, 15) is 9.59 Å². The van der Waals surface area contributed by atoms with Gasteiger partial charge < -0.3 is 10.2 Å². The van der Waals surface area contributed by atoms with Crippen molar-refractivity contribution in [3.63, 3.8) is 0 Å². The third-order valence-corrected chi connectivity index (χ3v) is 4.79. The number of hydrogen-bond donors (Lipinski definition) is 1. The van der Waals surface area contributed by atoms with Crippen LogP contribution in [0.25, 0.3) is 0 Å². The first kappa shape index (κ1) is 21.7. The standard InChI is InChI=1S/C24H32N2O2/c1-4-23(27)26(18-21-13-9-6-10-14-21)22(17-20-11-7-5-8-12-20)24(28)25-16-15-19(2)3/h5-14,19,22H,4,15-18H2,1-3H3,(H,25,28)/t22-/m0/s1. The van der Waals surface area contributed by atoms with Crippen LogP contribution in [-0.4, -0.2) is 29.3 Å². The molecule has 0 aliphatic rings. The van der Waals surface area contributed by atoms with Crippen molar-refractivity contribution in [1.82, 2.24) is 10.2 Å². The number of carbonyl (C=O) groups is 2. The van der Waals surface area contributed by atoms with E-state index in [4.69, 9.17) is 0 Å². The molecule has 2 aromatic carbocycles. The molecule has 1 N–H and O–H groups in total. The lowest BCUT2D eigenvalue weighted by Crippen LogP contribution is -2.50. The van der Waals surface area contributed by atoms with Crippen LogP contribution in [0.2, 0.25) is 0 Å². The average Bonchev–Trinajstić information content (AvgIpc) is 2.71. The van der Waals surface area contributed by atoms with Crippen LogP contribution in [-0.2, 0) is 22.6 Å². The van der Waals surface area contributed by atoms with Crippen molar-refractivity contribution >= 4 is 11.8 Å². The third kappa shape index (κ3) is 6.84. The lowest BCUT2D eigenvalue weighted by atomic mass is 10.0. The van der Waals surface area contributed by atoms with Crippen LogP contribution in [0.5, 0.6) is 0 Å². The maximum atomic E-state index is 13.1. The van der Waals surface area contributed by atoms with Crippen LogP contribution in [0.1, 0.15) is 44.7 Å². The summed E-state index contributed by atoms with van der Waals surface area (Å²) >= 11 is 0. The van der Waals surface area contributed by atoms with Gasteiger partial charge in [0.1, 0.15) is 6.04 Å². The molecule has 2 aromatic rings. The van der Waals surface area contributed by atoms with Crippen molar-refractivity contribution in [2.24, 2.45) is 5.92 Å². The van der Waals surface area contributed by atoms with Crippen LogP contribution in [0, 0.1) is 5.92 Å². The molecule has 0 heterocycles. The van der Waals surface area contributed by atoms with E-state index in [2.05, 4.69) is 19.2 Å². The summed E-state index contributed by atoms with van der Waals surface area (Å²) in [6.45, 7) is 7.17. The summed E-state index contributed by atoms with van der Waals surface area (Å²) in [7, 11) is 0. The van der Waals surface area contributed by atoms with E-state index in [1.807, 2.05) is 67.6 Å². The lowest BCUT2D eigenvalue weighted by Gasteiger charge is -2.31. The molecule has 0 fully saturated rings. The number of amides is 2. The second-order valence-electron chi connectivity index (χ2n) is 7.54. The fourth-order valence-corrected chi connectivity index (χ4v) is 3.14. The van der Waals surface area contributed by atoms with Crippen molar-refractivity contribution in [2.45, 2.75) is 52.6 Å². The Morgan fingerprint density at radius 3 is 2.04 bits per heavy atom. The highest BCUT2D eigenvalue weighted by Gasteiger charge is 2.29. The molecule has 4 heteroatoms. The second kappa shape index (κ2) is 11.3. The third-order valence-electron chi connectivity index (χ3n) is 4.79. The molecule has 150 valence electrons. The lowest BCUT2D eigenvalue weighted by molar-refractivity contribution is -0.141. The van der Waals surface area contributed by atoms with Gasteiger partial charge in [0.15, 0.2) is 0 Å². The summed E-state index contributed by atoms with van der Waals surface area (Å²) in [6.07, 6.45) is 1.80. The first-order valence-electron chi connectivity index (χ1n) is 10.2. The molecule has 28 heavy (non-hydrogen) atoms. The smallest absolute Gasteiger partial charge is 0.243 e. The van der Waals surface area contributed by atoms with E-state index in [-0.39, 0.29) is 11.8 Å². The summed E-state index contributed by atoms with van der Waals surface area (Å²) in [5.41, 5.74) is 2.07. The highest BCUT2D eigenvalue weighted by molar-refractivity contribution is 5.87. The van der Waals surface area contributed by atoms with Crippen LogP contribution in [0.15, 0.2) is 60.7 Å². The molecule has 4 nitrogen and oxygen atoms in total. The van der Waals surface area contributed by atoms with Gasteiger partial charge in [0.05, 0.1) is 0 Å². The molecule has 0 aromatic heterocycles. The predicted molar refractivity (Wildman–Crippen MR) is 114 cm³/mol.